The molecule has 56 valence electrons. The normalized spacial score (nSPS) is 33.0. The molecule has 1 aliphatic rings. The van der Waals surface area contributed by atoms with Gasteiger partial charge >= 0.3 is 0 Å². The van der Waals surface area contributed by atoms with Crippen molar-refractivity contribution < 1.29 is 4.79 Å². The van der Waals surface area contributed by atoms with E-state index in [-0.39, 0.29) is 23.8 Å². The van der Waals surface area contributed by atoms with Gasteiger partial charge < -0.3 is 5.73 Å². The Morgan fingerprint density at radius 1 is 1.60 bits per heavy atom. The lowest BCUT2D eigenvalue weighted by Crippen LogP contribution is -2.47. The van der Waals surface area contributed by atoms with Crippen molar-refractivity contribution in [2.75, 3.05) is 0 Å². The maximum Gasteiger partial charge on any atom is 0.231 e. The number of carbonyl (C=O) groups excluding carboxylic acids is 1. The van der Waals surface area contributed by atoms with E-state index in [1.807, 2.05) is 13.8 Å². The largest absolute Gasteiger partial charge is 0.370 e. The third-order valence-electron chi connectivity index (χ3n) is 1.73. The number of nitrogens with zero attached hydrogens (tertiary/aromatic N) is 1. The summed E-state index contributed by atoms with van der Waals surface area (Å²) >= 11 is 0. The van der Waals surface area contributed by atoms with Crippen molar-refractivity contribution in [2.45, 2.75) is 19.9 Å². The van der Waals surface area contributed by atoms with Crippen molar-refractivity contribution in [3.05, 3.63) is 0 Å². The Morgan fingerprint density at radius 2 is 2.20 bits per heavy atom. The van der Waals surface area contributed by atoms with Gasteiger partial charge in [0.25, 0.3) is 0 Å². The van der Waals surface area contributed by atoms with Gasteiger partial charge in [-0.1, -0.05) is 6.92 Å². The molecule has 4 nitrogen and oxygen atoms in total. The van der Waals surface area contributed by atoms with Gasteiger partial charge in [-0.2, -0.15) is 0 Å². The van der Waals surface area contributed by atoms with Crippen LogP contribution in [0.4, 0.5) is 0 Å². The second kappa shape index (κ2) is 2.28. The summed E-state index contributed by atoms with van der Waals surface area (Å²) in [7, 11) is 0. The Balaban J connectivity index is 2.79. The number of nitrogens with one attached hydrogen (secondary N) is 1. The molecule has 0 unspecified atom stereocenters. The molecular formula is C6H11N3O. The highest BCUT2D eigenvalue weighted by Crippen LogP contribution is 2.09. The van der Waals surface area contributed by atoms with E-state index in [1.54, 1.807) is 0 Å². The van der Waals surface area contributed by atoms with Crippen LogP contribution in [0.2, 0.25) is 0 Å². The van der Waals surface area contributed by atoms with Gasteiger partial charge in [-0.15, -0.1) is 0 Å². The molecule has 0 aromatic carbocycles. The van der Waals surface area contributed by atoms with Crippen LogP contribution in [0.5, 0.6) is 0 Å². The molecule has 0 saturated carbocycles. The smallest absolute Gasteiger partial charge is 0.231 e. The highest BCUT2D eigenvalue weighted by molar-refractivity contribution is 5.99. The predicted molar refractivity (Wildman–Crippen MR) is 38.4 cm³/mol. The van der Waals surface area contributed by atoms with Gasteiger partial charge in [0.15, 0.2) is 5.96 Å². The molecule has 1 aliphatic heterocycles. The zero-order valence-corrected chi connectivity index (χ0v) is 6.09. The molecule has 0 spiro atoms. The summed E-state index contributed by atoms with van der Waals surface area (Å²) in [4.78, 5) is 14.9. The van der Waals surface area contributed by atoms with Crippen molar-refractivity contribution in [2.24, 2.45) is 16.6 Å². The summed E-state index contributed by atoms with van der Waals surface area (Å²) in [5.74, 6) is 0.128. The third kappa shape index (κ3) is 1.10. The summed E-state index contributed by atoms with van der Waals surface area (Å²) in [5, 5.41) is 2.45. The average Bonchev–Trinajstić information content (AvgIpc) is 1.82. The summed E-state index contributed by atoms with van der Waals surface area (Å²) in [6.07, 6.45) is 0. The van der Waals surface area contributed by atoms with E-state index >= 15 is 0 Å². The minimum absolute atomic E-state index is 0.00810. The van der Waals surface area contributed by atoms with Gasteiger partial charge in [0.2, 0.25) is 5.91 Å². The standard InChI is InChI=1S/C6H11N3O/c1-3-4(2)8-6(7)9-5(3)10/h3-4H,1-2H3,(H3,7,8,9,10)/t3-,4-/m1/s1. The van der Waals surface area contributed by atoms with Crippen LogP contribution in [0.15, 0.2) is 4.99 Å². The highest BCUT2D eigenvalue weighted by atomic mass is 16.2. The Hall–Kier alpha value is -1.06. The van der Waals surface area contributed by atoms with Crippen molar-refractivity contribution in [1.29, 1.82) is 0 Å². The lowest BCUT2D eigenvalue weighted by molar-refractivity contribution is -0.123. The number of aliphatic imine (C=N–C) groups is 1. The molecule has 0 aromatic rings. The molecular weight excluding hydrogens is 130 g/mol. The molecule has 0 saturated heterocycles. The number of rotatable bonds is 0. The number of nitrogens with two attached hydrogens (primary N) is 1. The summed E-state index contributed by atoms with van der Waals surface area (Å²) in [6.45, 7) is 3.70. The number of guanidine groups is 1. The molecule has 1 rings (SSSR count). The number of hydrogen-bond donors (Lipinski definition) is 2. The van der Waals surface area contributed by atoms with Gasteiger partial charge in [0.1, 0.15) is 0 Å². The fourth-order valence-corrected chi connectivity index (χ4v) is 0.823. The van der Waals surface area contributed by atoms with Crippen LogP contribution in [0.25, 0.3) is 0 Å². The zero-order valence-electron chi connectivity index (χ0n) is 6.09. The fraction of sp³-hybridized carbons (Fsp3) is 0.667. The van der Waals surface area contributed by atoms with Gasteiger partial charge in [-0.05, 0) is 6.92 Å². The van der Waals surface area contributed by atoms with Gasteiger partial charge in [0, 0.05) is 0 Å². The SMILES string of the molecule is C[C@H]1N=C(N)NC(=O)[C@@H]1C. The molecule has 3 N–H and O–H groups in total. The molecule has 4 heteroatoms. The number of carbonyl (C=O) groups is 1. The minimum atomic E-state index is -0.0627. The molecule has 0 fully saturated rings. The first-order chi connectivity index (χ1) is 4.61. The Morgan fingerprint density at radius 3 is 2.70 bits per heavy atom. The zero-order chi connectivity index (χ0) is 7.72. The molecule has 0 bridgehead atoms. The van der Waals surface area contributed by atoms with E-state index in [1.165, 1.54) is 0 Å². The lowest BCUT2D eigenvalue weighted by atomic mass is 10.0. The highest BCUT2D eigenvalue weighted by Gasteiger charge is 2.24. The molecule has 1 heterocycles. The van der Waals surface area contributed by atoms with E-state index in [0.717, 1.165) is 0 Å². The molecule has 0 aromatic heterocycles. The molecule has 1 amide bonds. The van der Waals surface area contributed by atoms with Gasteiger partial charge in [-0.3, -0.25) is 10.1 Å². The minimum Gasteiger partial charge on any atom is -0.370 e. The lowest BCUT2D eigenvalue weighted by Gasteiger charge is -2.21. The van der Waals surface area contributed by atoms with Crippen molar-refractivity contribution >= 4 is 11.9 Å². The summed E-state index contributed by atoms with van der Waals surface area (Å²) in [6, 6.07) is 0.00810. The number of hydrogen-bond acceptors (Lipinski definition) is 3. The van der Waals surface area contributed by atoms with Crippen LogP contribution in [0, 0.1) is 5.92 Å². The van der Waals surface area contributed by atoms with E-state index in [0.29, 0.717) is 0 Å². The van der Waals surface area contributed by atoms with Crippen LogP contribution >= 0.6 is 0 Å². The van der Waals surface area contributed by atoms with E-state index in [9.17, 15) is 4.79 Å². The predicted octanol–water partition coefficient (Wildman–Crippen LogP) is -0.544. The maximum absolute atomic E-state index is 10.9. The molecule has 2 atom stereocenters. The van der Waals surface area contributed by atoms with Crippen LogP contribution in [-0.4, -0.2) is 17.9 Å². The second-order valence-electron chi connectivity index (χ2n) is 2.53. The Kier molecular flexibility index (Phi) is 1.61. The maximum atomic E-state index is 10.9. The van der Waals surface area contributed by atoms with Crippen LogP contribution in [0.1, 0.15) is 13.8 Å². The topological polar surface area (TPSA) is 67.5 Å². The van der Waals surface area contributed by atoms with Crippen molar-refractivity contribution in [3.8, 4) is 0 Å². The van der Waals surface area contributed by atoms with E-state index < -0.39 is 0 Å². The van der Waals surface area contributed by atoms with Gasteiger partial charge in [0.05, 0.1) is 12.0 Å². The first-order valence-electron chi connectivity index (χ1n) is 3.25. The first-order valence-corrected chi connectivity index (χ1v) is 3.25. The van der Waals surface area contributed by atoms with Crippen molar-refractivity contribution in [3.63, 3.8) is 0 Å². The number of amides is 1. The van der Waals surface area contributed by atoms with Crippen LogP contribution in [-0.2, 0) is 4.79 Å². The van der Waals surface area contributed by atoms with E-state index in [4.69, 9.17) is 5.73 Å². The first kappa shape index (κ1) is 7.05. The third-order valence-corrected chi connectivity index (χ3v) is 1.73. The fourth-order valence-electron chi connectivity index (χ4n) is 0.823. The monoisotopic (exact) mass is 141 g/mol. The van der Waals surface area contributed by atoms with Crippen LogP contribution < -0.4 is 11.1 Å². The average molecular weight is 141 g/mol. The van der Waals surface area contributed by atoms with E-state index in [2.05, 4.69) is 10.3 Å². The molecule has 0 radical (unpaired) electrons. The van der Waals surface area contributed by atoms with Crippen LogP contribution in [0.3, 0.4) is 0 Å². The Labute approximate surface area is 59.5 Å². The second-order valence-corrected chi connectivity index (χ2v) is 2.53. The summed E-state index contributed by atoms with van der Waals surface area (Å²) < 4.78 is 0. The van der Waals surface area contributed by atoms with Crippen molar-refractivity contribution in [1.82, 2.24) is 5.32 Å². The molecule has 10 heavy (non-hydrogen) atoms. The quantitative estimate of drug-likeness (QED) is 0.475. The van der Waals surface area contributed by atoms with Gasteiger partial charge in [-0.25, -0.2) is 4.99 Å². The Bertz CT molecular complexity index is 187. The summed E-state index contributed by atoms with van der Waals surface area (Å²) in [5.41, 5.74) is 5.30. The molecule has 0 aliphatic carbocycles.